The van der Waals surface area contributed by atoms with Crippen molar-refractivity contribution >= 4 is 11.3 Å². The molecule has 3 nitrogen and oxygen atoms in total. The lowest BCUT2D eigenvalue weighted by Crippen LogP contribution is -2.31. The second-order valence-electron chi connectivity index (χ2n) is 4.68. The average molecular weight is 291 g/mol. The van der Waals surface area contributed by atoms with Gasteiger partial charge in [0, 0.05) is 17.5 Å². The molecule has 1 aromatic carbocycles. The molecule has 1 unspecified atom stereocenters. The van der Waals surface area contributed by atoms with Crippen LogP contribution in [0.25, 0.3) is 0 Å². The van der Waals surface area contributed by atoms with E-state index in [1.54, 1.807) is 11.3 Å². The Bertz CT molecular complexity index is 478. The van der Waals surface area contributed by atoms with Crippen molar-refractivity contribution < 1.29 is 9.84 Å². The lowest BCUT2D eigenvalue weighted by Gasteiger charge is -2.14. The molecule has 0 spiro atoms. The number of benzene rings is 1. The highest BCUT2D eigenvalue weighted by Gasteiger charge is 2.03. The minimum Gasteiger partial charge on any atom is -0.488 e. The molecule has 2 rings (SSSR count). The maximum absolute atomic E-state index is 9.13. The zero-order chi connectivity index (χ0) is 14.2. The van der Waals surface area contributed by atoms with E-state index >= 15 is 0 Å². The first-order chi connectivity index (χ1) is 9.81. The highest BCUT2D eigenvalue weighted by molar-refractivity contribution is 7.09. The smallest absolute Gasteiger partial charge is 0.122 e. The van der Waals surface area contributed by atoms with E-state index in [2.05, 4.69) is 35.8 Å². The van der Waals surface area contributed by atoms with E-state index in [0.29, 0.717) is 6.61 Å². The van der Waals surface area contributed by atoms with Crippen molar-refractivity contribution in [2.75, 3.05) is 6.61 Å². The molecule has 0 radical (unpaired) electrons. The lowest BCUT2D eigenvalue weighted by molar-refractivity contribution is 0.238. The standard InChI is InChI=1S/C16H21NO2S/c1-2-14(11-18)17-10-13-5-7-15(8-6-13)19-12-16-4-3-9-20-16/h3-9,14,17-18H,2,10-12H2,1H3. The van der Waals surface area contributed by atoms with E-state index in [-0.39, 0.29) is 12.6 Å². The van der Waals surface area contributed by atoms with E-state index in [4.69, 9.17) is 9.84 Å². The van der Waals surface area contributed by atoms with Crippen LogP contribution >= 0.6 is 11.3 Å². The van der Waals surface area contributed by atoms with Crippen LogP contribution in [-0.4, -0.2) is 17.8 Å². The van der Waals surface area contributed by atoms with Gasteiger partial charge in [-0.1, -0.05) is 25.1 Å². The minimum atomic E-state index is 0.171. The second kappa shape index (κ2) is 8.04. The van der Waals surface area contributed by atoms with Crippen LogP contribution in [-0.2, 0) is 13.2 Å². The fourth-order valence-electron chi connectivity index (χ4n) is 1.85. The van der Waals surface area contributed by atoms with Crippen LogP contribution < -0.4 is 10.1 Å². The number of aliphatic hydroxyl groups is 1. The summed E-state index contributed by atoms with van der Waals surface area (Å²) in [5, 5.41) is 14.5. The summed E-state index contributed by atoms with van der Waals surface area (Å²) in [7, 11) is 0. The highest BCUT2D eigenvalue weighted by Crippen LogP contribution is 2.16. The molecule has 0 aliphatic rings. The van der Waals surface area contributed by atoms with Crippen LogP contribution in [0.2, 0.25) is 0 Å². The quantitative estimate of drug-likeness (QED) is 0.785. The Kier molecular flexibility index (Phi) is 6.05. The summed E-state index contributed by atoms with van der Waals surface area (Å²) in [5.41, 5.74) is 1.19. The number of nitrogens with one attached hydrogen (secondary N) is 1. The Labute approximate surface area is 124 Å². The van der Waals surface area contributed by atoms with Crippen LogP contribution in [0.3, 0.4) is 0 Å². The van der Waals surface area contributed by atoms with Gasteiger partial charge in [-0.2, -0.15) is 0 Å². The summed E-state index contributed by atoms with van der Waals surface area (Å²) < 4.78 is 5.72. The summed E-state index contributed by atoms with van der Waals surface area (Å²) >= 11 is 1.70. The molecule has 0 saturated heterocycles. The predicted molar refractivity (Wildman–Crippen MR) is 83.1 cm³/mol. The largest absolute Gasteiger partial charge is 0.488 e. The van der Waals surface area contributed by atoms with Crippen molar-refractivity contribution in [1.82, 2.24) is 5.32 Å². The van der Waals surface area contributed by atoms with E-state index in [1.165, 1.54) is 10.4 Å². The van der Waals surface area contributed by atoms with Crippen LogP contribution in [0.1, 0.15) is 23.8 Å². The number of thiophene rings is 1. The molecule has 0 fully saturated rings. The van der Waals surface area contributed by atoms with Gasteiger partial charge in [0.1, 0.15) is 12.4 Å². The molecule has 2 aromatic rings. The molecular formula is C16H21NO2S. The Hall–Kier alpha value is -1.36. The first kappa shape index (κ1) is 15.0. The molecule has 0 aliphatic carbocycles. The van der Waals surface area contributed by atoms with Crippen molar-refractivity contribution in [3.8, 4) is 5.75 Å². The average Bonchev–Trinajstić information content (AvgIpc) is 3.01. The SMILES string of the molecule is CCC(CO)NCc1ccc(OCc2cccs2)cc1. The predicted octanol–water partition coefficient (Wildman–Crippen LogP) is 3.19. The van der Waals surface area contributed by atoms with Gasteiger partial charge >= 0.3 is 0 Å². The fraction of sp³-hybridized carbons (Fsp3) is 0.375. The number of ether oxygens (including phenoxy) is 1. The molecule has 2 N–H and O–H groups in total. The molecular weight excluding hydrogens is 270 g/mol. The molecule has 1 heterocycles. The zero-order valence-corrected chi connectivity index (χ0v) is 12.5. The second-order valence-corrected chi connectivity index (χ2v) is 5.71. The van der Waals surface area contributed by atoms with Gasteiger partial charge in [-0.15, -0.1) is 11.3 Å². The van der Waals surface area contributed by atoms with Gasteiger partial charge in [-0.3, -0.25) is 0 Å². The molecule has 1 aromatic heterocycles. The van der Waals surface area contributed by atoms with E-state index in [9.17, 15) is 0 Å². The molecule has 0 bridgehead atoms. The Morgan fingerprint density at radius 3 is 2.65 bits per heavy atom. The minimum absolute atomic E-state index is 0.171. The first-order valence-electron chi connectivity index (χ1n) is 6.90. The van der Waals surface area contributed by atoms with E-state index in [1.807, 2.05) is 18.2 Å². The third-order valence-corrected chi connectivity index (χ3v) is 4.04. The first-order valence-corrected chi connectivity index (χ1v) is 7.78. The summed E-state index contributed by atoms with van der Waals surface area (Å²) in [4.78, 5) is 1.23. The van der Waals surface area contributed by atoms with Gasteiger partial charge in [0.25, 0.3) is 0 Å². The topological polar surface area (TPSA) is 41.5 Å². The Morgan fingerprint density at radius 1 is 1.25 bits per heavy atom. The van der Waals surface area contributed by atoms with E-state index in [0.717, 1.165) is 18.7 Å². The maximum Gasteiger partial charge on any atom is 0.122 e. The molecule has 0 aliphatic heterocycles. The monoisotopic (exact) mass is 291 g/mol. The molecule has 1 atom stereocenters. The lowest BCUT2D eigenvalue weighted by atomic mass is 10.2. The van der Waals surface area contributed by atoms with Crippen molar-refractivity contribution in [1.29, 1.82) is 0 Å². The van der Waals surface area contributed by atoms with Crippen molar-refractivity contribution in [3.05, 3.63) is 52.2 Å². The van der Waals surface area contributed by atoms with Crippen molar-refractivity contribution in [3.63, 3.8) is 0 Å². The van der Waals surface area contributed by atoms with Crippen LogP contribution in [0, 0.1) is 0 Å². The van der Waals surface area contributed by atoms with Crippen molar-refractivity contribution in [2.24, 2.45) is 0 Å². The number of hydrogen-bond acceptors (Lipinski definition) is 4. The third-order valence-electron chi connectivity index (χ3n) is 3.19. The Morgan fingerprint density at radius 2 is 2.05 bits per heavy atom. The third kappa shape index (κ3) is 4.63. The number of aliphatic hydroxyl groups excluding tert-OH is 1. The number of hydrogen-bond donors (Lipinski definition) is 2. The van der Waals surface area contributed by atoms with Gasteiger partial charge in [0.2, 0.25) is 0 Å². The van der Waals surface area contributed by atoms with Gasteiger partial charge in [0.05, 0.1) is 6.61 Å². The maximum atomic E-state index is 9.13. The van der Waals surface area contributed by atoms with Gasteiger partial charge in [0.15, 0.2) is 0 Å². The summed E-state index contributed by atoms with van der Waals surface area (Å²) in [5.74, 6) is 0.886. The van der Waals surface area contributed by atoms with E-state index < -0.39 is 0 Å². The van der Waals surface area contributed by atoms with Crippen LogP contribution in [0.5, 0.6) is 5.75 Å². The van der Waals surface area contributed by atoms with Crippen LogP contribution in [0.4, 0.5) is 0 Å². The summed E-state index contributed by atoms with van der Waals surface area (Å²) in [6.07, 6.45) is 0.929. The van der Waals surface area contributed by atoms with Gasteiger partial charge in [-0.25, -0.2) is 0 Å². The molecule has 108 valence electrons. The van der Waals surface area contributed by atoms with Gasteiger partial charge < -0.3 is 15.2 Å². The summed E-state index contributed by atoms with van der Waals surface area (Å²) in [6, 6.07) is 12.4. The highest BCUT2D eigenvalue weighted by atomic mass is 32.1. The van der Waals surface area contributed by atoms with Gasteiger partial charge in [-0.05, 0) is 35.6 Å². The summed E-state index contributed by atoms with van der Waals surface area (Å²) in [6.45, 7) is 3.63. The molecule has 20 heavy (non-hydrogen) atoms. The zero-order valence-electron chi connectivity index (χ0n) is 11.7. The Balaban J connectivity index is 1.80. The normalized spacial score (nSPS) is 12.3. The molecule has 0 saturated carbocycles. The molecule has 0 amide bonds. The van der Waals surface area contributed by atoms with Crippen LogP contribution in [0.15, 0.2) is 41.8 Å². The van der Waals surface area contributed by atoms with Crippen molar-refractivity contribution in [2.45, 2.75) is 32.5 Å². The molecule has 4 heteroatoms. The number of rotatable bonds is 8. The fourth-order valence-corrected chi connectivity index (χ4v) is 2.47.